The van der Waals surface area contributed by atoms with Gasteiger partial charge in [-0.1, -0.05) is 6.07 Å². The molecule has 5 nitrogen and oxygen atoms in total. The highest BCUT2D eigenvalue weighted by Crippen LogP contribution is 2.23. The molecule has 5 heteroatoms. The summed E-state index contributed by atoms with van der Waals surface area (Å²) in [6.45, 7) is 0.520. The van der Waals surface area contributed by atoms with E-state index in [0.717, 1.165) is 5.56 Å². The molecule has 0 aliphatic rings. The number of hydrogen-bond acceptors (Lipinski definition) is 3. The normalized spacial score (nSPS) is 10.8. The number of nitrogens with one attached hydrogen (secondary N) is 2. The maximum atomic E-state index is 11.6. The van der Waals surface area contributed by atoms with Crippen LogP contribution in [0, 0.1) is 0 Å². The first-order valence-corrected chi connectivity index (χ1v) is 4.74. The van der Waals surface area contributed by atoms with Gasteiger partial charge in [0.15, 0.2) is 0 Å². The number of H-pyrrole nitrogens is 2. The quantitative estimate of drug-likeness (QED) is 0.679. The summed E-state index contributed by atoms with van der Waals surface area (Å²) < 4.78 is 5.15. The summed E-state index contributed by atoms with van der Waals surface area (Å²) in [5, 5.41) is 5.99. The van der Waals surface area contributed by atoms with Crippen molar-refractivity contribution >= 4 is 10.9 Å². The van der Waals surface area contributed by atoms with Crippen molar-refractivity contribution in [3.8, 4) is 5.75 Å². The summed E-state index contributed by atoms with van der Waals surface area (Å²) in [4.78, 5) is 11.6. The number of fused-ring (bicyclic) bond motifs is 1. The third-order valence-corrected chi connectivity index (χ3v) is 2.42. The second-order valence-corrected chi connectivity index (χ2v) is 3.29. The van der Waals surface area contributed by atoms with E-state index in [-0.39, 0.29) is 5.56 Å². The lowest BCUT2D eigenvalue weighted by Crippen LogP contribution is -2.07. The second-order valence-electron chi connectivity index (χ2n) is 3.29. The Hall–Kier alpha value is -1.75. The van der Waals surface area contributed by atoms with Crippen LogP contribution in [0.3, 0.4) is 0 Å². The number of hydrogen-bond donors (Lipinski definition) is 3. The molecule has 80 valence electrons. The third kappa shape index (κ3) is 1.50. The Balaban J connectivity index is 2.74. The molecule has 0 radical (unpaired) electrons. The van der Waals surface area contributed by atoms with Gasteiger partial charge < -0.3 is 10.5 Å². The SMILES string of the molecule is COc1ccc(CCN)c2c(=O)[nH][nH]c12. The van der Waals surface area contributed by atoms with Crippen LogP contribution in [0.4, 0.5) is 0 Å². The minimum atomic E-state index is -0.132. The smallest absolute Gasteiger partial charge is 0.272 e. The van der Waals surface area contributed by atoms with Gasteiger partial charge in [0.05, 0.1) is 12.5 Å². The van der Waals surface area contributed by atoms with Crippen LogP contribution in [0.1, 0.15) is 5.56 Å². The molecule has 2 aromatic rings. The van der Waals surface area contributed by atoms with Gasteiger partial charge in [-0.2, -0.15) is 0 Å². The fraction of sp³-hybridized carbons (Fsp3) is 0.300. The molecule has 0 fully saturated rings. The minimum Gasteiger partial charge on any atom is -0.494 e. The zero-order valence-corrected chi connectivity index (χ0v) is 8.46. The summed E-state index contributed by atoms with van der Waals surface area (Å²) >= 11 is 0. The first-order chi connectivity index (χ1) is 7.27. The van der Waals surface area contributed by atoms with Gasteiger partial charge in [-0.05, 0) is 24.6 Å². The lowest BCUT2D eigenvalue weighted by Gasteiger charge is -2.04. The zero-order valence-electron chi connectivity index (χ0n) is 8.46. The van der Waals surface area contributed by atoms with Gasteiger partial charge in [0.1, 0.15) is 11.3 Å². The first-order valence-electron chi connectivity index (χ1n) is 4.74. The van der Waals surface area contributed by atoms with Gasteiger partial charge in [0.2, 0.25) is 0 Å². The van der Waals surface area contributed by atoms with E-state index in [4.69, 9.17) is 10.5 Å². The zero-order chi connectivity index (χ0) is 10.8. The highest BCUT2D eigenvalue weighted by atomic mass is 16.5. The lowest BCUT2D eigenvalue weighted by atomic mass is 10.1. The molecule has 1 heterocycles. The average molecular weight is 207 g/mol. The first kappa shape index (κ1) is 9.79. The van der Waals surface area contributed by atoms with E-state index in [0.29, 0.717) is 29.6 Å². The van der Waals surface area contributed by atoms with E-state index in [1.165, 1.54) is 0 Å². The number of rotatable bonds is 3. The Morgan fingerprint density at radius 3 is 2.87 bits per heavy atom. The molecule has 1 aromatic heterocycles. The van der Waals surface area contributed by atoms with Gasteiger partial charge in [-0.25, -0.2) is 0 Å². The maximum Gasteiger partial charge on any atom is 0.272 e. The highest BCUT2D eigenvalue weighted by Gasteiger charge is 2.10. The number of nitrogens with two attached hydrogens (primary N) is 1. The lowest BCUT2D eigenvalue weighted by molar-refractivity contribution is 0.418. The fourth-order valence-electron chi connectivity index (χ4n) is 1.73. The third-order valence-electron chi connectivity index (χ3n) is 2.42. The van der Waals surface area contributed by atoms with Crippen molar-refractivity contribution in [2.24, 2.45) is 5.73 Å². The summed E-state index contributed by atoms with van der Waals surface area (Å²) in [6, 6.07) is 3.70. The van der Waals surface area contributed by atoms with Crippen molar-refractivity contribution in [2.75, 3.05) is 13.7 Å². The molecule has 0 unspecified atom stereocenters. The Labute approximate surface area is 86.2 Å². The molecule has 0 aliphatic carbocycles. The van der Waals surface area contributed by atoms with Gasteiger partial charge in [-0.3, -0.25) is 15.0 Å². The van der Waals surface area contributed by atoms with Crippen molar-refractivity contribution < 1.29 is 4.74 Å². The van der Waals surface area contributed by atoms with Crippen molar-refractivity contribution in [1.82, 2.24) is 10.2 Å². The Morgan fingerprint density at radius 2 is 2.20 bits per heavy atom. The minimum absolute atomic E-state index is 0.132. The second kappa shape index (κ2) is 3.78. The Bertz CT molecular complexity index is 527. The van der Waals surface area contributed by atoms with Crippen molar-refractivity contribution in [2.45, 2.75) is 6.42 Å². The molecule has 0 atom stereocenters. The molecule has 2 rings (SSSR count). The molecule has 0 saturated heterocycles. The fourth-order valence-corrected chi connectivity index (χ4v) is 1.73. The molecule has 0 saturated carbocycles. The van der Waals surface area contributed by atoms with E-state index in [1.807, 2.05) is 12.1 Å². The molecular weight excluding hydrogens is 194 g/mol. The van der Waals surface area contributed by atoms with Gasteiger partial charge in [-0.15, -0.1) is 0 Å². The number of ether oxygens (including phenoxy) is 1. The standard InChI is InChI=1S/C10H13N3O2/c1-15-7-3-2-6(4-5-11)8-9(7)12-13-10(8)14/h2-3H,4-5,11H2,1H3,(H2,12,13,14). The van der Waals surface area contributed by atoms with Crippen LogP contribution in [-0.2, 0) is 6.42 Å². The Morgan fingerprint density at radius 1 is 1.40 bits per heavy atom. The van der Waals surface area contributed by atoms with E-state index in [2.05, 4.69) is 10.2 Å². The maximum absolute atomic E-state index is 11.6. The van der Waals surface area contributed by atoms with Crippen LogP contribution in [0.2, 0.25) is 0 Å². The number of benzene rings is 1. The van der Waals surface area contributed by atoms with Gasteiger partial charge in [0.25, 0.3) is 5.56 Å². The molecule has 15 heavy (non-hydrogen) atoms. The number of aromatic amines is 2. The van der Waals surface area contributed by atoms with Crippen LogP contribution in [0.15, 0.2) is 16.9 Å². The van der Waals surface area contributed by atoms with Crippen LogP contribution in [0.25, 0.3) is 10.9 Å². The van der Waals surface area contributed by atoms with E-state index < -0.39 is 0 Å². The largest absolute Gasteiger partial charge is 0.494 e. The molecule has 1 aromatic carbocycles. The molecule has 0 bridgehead atoms. The molecule has 0 amide bonds. The summed E-state index contributed by atoms with van der Waals surface area (Å²) in [5.41, 5.74) is 7.00. The van der Waals surface area contributed by atoms with Crippen LogP contribution >= 0.6 is 0 Å². The van der Waals surface area contributed by atoms with Crippen molar-refractivity contribution in [3.63, 3.8) is 0 Å². The number of methoxy groups -OCH3 is 1. The van der Waals surface area contributed by atoms with Crippen molar-refractivity contribution in [1.29, 1.82) is 0 Å². The van der Waals surface area contributed by atoms with Gasteiger partial charge >= 0.3 is 0 Å². The molecular formula is C10H13N3O2. The van der Waals surface area contributed by atoms with E-state index >= 15 is 0 Å². The Kier molecular flexibility index (Phi) is 2.47. The van der Waals surface area contributed by atoms with Crippen LogP contribution in [0.5, 0.6) is 5.75 Å². The summed E-state index contributed by atoms with van der Waals surface area (Å²) in [5.74, 6) is 0.657. The predicted octanol–water partition coefficient (Wildman–Crippen LogP) is 0.366. The predicted molar refractivity (Wildman–Crippen MR) is 58.2 cm³/mol. The topological polar surface area (TPSA) is 83.9 Å². The summed E-state index contributed by atoms with van der Waals surface area (Å²) in [7, 11) is 1.57. The number of aromatic nitrogens is 2. The van der Waals surface area contributed by atoms with E-state index in [9.17, 15) is 4.79 Å². The van der Waals surface area contributed by atoms with Crippen LogP contribution in [-0.4, -0.2) is 23.9 Å². The molecule has 0 spiro atoms. The highest BCUT2D eigenvalue weighted by molar-refractivity contribution is 5.87. The molecule has 4 N–H and O–H groups in total. The molecule has 0 aliphatic heterocycles. The summed E-state index contributed by atoms with van der Waals surface area (Å²) in [6.07, 6.45) is 0.682. The average Bonchev–Trinajstić information content (AvgIpc) is 2.62. The van der Waals surface area contributed by atoms with Crippen LogP contribution < -0.4 is 16.0 Å². The monoisotopic (exact) mass is 207 g/mol. The van der Waals surface area contributed by atoms with Gasteiger partial charge in [0, 0.05) is 0 Å². The van der Waals surface area contributed by atoms with E-state index in [1.54, 1.807) is 7.11 Å². The van der Waals surface area contributed by atoms with Crippen molar-refractivity contribution in [3.05, 3.63) is 28.0 Å².